The van der Waals surface area contributed by atoms with E-state index in [-0.39, 0.29) is 23.5 Å². The van der Waals surface area contributed by atoms with Gasteiger partial charge in [-0.2, -0.15) is 0 Å². The number of amides is 1. The van der Waals surface area contributed by atoms with Gasteiger partial charge < -0.3 is 10.1 Å². The van der Waals surface area contributed by atoms with Gasteiger partial charge in [-0.05, 0) is 42.2 Å². The minimum absolute atomic E-state index is 0.0593. The van der Waals surface area contributed by atoms with Crippen molar-refractivity contribution in [1.82, 2.24) is 4.72 Å². The second-order valence-corrected chi connectivity index (χ2v) is 7.62. The number of carbonyl (C=O) groups excluding carboxylic acids is 1. The van der Waals surface area contributed by atoms with E-state index in [1.807, 2.05) is 24.3 Å². The first-order valence-electron chi connectivity index (χ1n) is 7.70. The number of aryl methyl sites for hydroxylation is 1. The van der Waals surface area contributed by atoms with Crippen LogP contribution < -0.4 is 14.8 Å². The fourth-order valence-corrected chi connectivity index (χ4v) is 4.44. The minimum atomic E-state index is -3.69. The molecule has 6 nitrogen and oxygen atoms in total. The number of fused-ring (bicyclic) bond motifs is 2. The van der Waals surface area contributed by atoms with Gasteiger partial charge in [-0.25, -0.2) is 13.1 Å². The van der Waals surface area contributed by atoms with Crippen molar-refractivity contribution in [1.29, 1.82) is 0 Å². The molecule has 0 unspecified atom stereocenters. The van der Waals surface area contributed by atoms with Gasteiger partial charge in [0.15, 0.2) is 6.61 Å². The quantitative estimate of drug-likeness (QED) is 0.892. The van der Waals surface area contributed by atoms with Gasteiger partial charge in [-0.1, -0.05) is 24.3 Å². The molecule has 1 aliphatic heterocycles. The van der Waals surface area contributed by atoms with Crippen molar-refractivity contribution < 1.29 is 17.9 Å². The molecule has 0 saturated heterocycles. The van der Waals surface area contributed by atoms with Gasteiger partial charge in [0.1, 0.15) is 5.75 Å². The van der Waals surface area contributed by atoms with Crippen LogP contribution in [-0.4, -0.2) is 20.9 Å². The molecular formula is C17H16N2O4S. The fourth-order valence-electron chi connectivity index (χ4n) is 3.16. The number of hydrogen-bond donors (Lipinski definition) is 2. The zero-order chi connectivity index (χ0) is 16.7. The zero-order valence-corrected chi connectivity index (χ0v) is 13.6. The van der Waals surface area contributed by atoms with Gasteiger partial charge in [0, 0.05) is 6.04 Å². The van der Waals surface area contributed by atoms with Crippen molar-refractivity contribution in [2.75, 3.05) is 11.9 Å². The Bertz CT molecular complexity index is 924. The molecule has 1 amide bonds. The van der Waals surface area contributed by atoms with Crippen molar-refractivity contribution in [3.05, 3.63) is 53.6 Å². The summed E-state index contributed by atoms with van der Waals surface area (Å²) in [5, 5.41) is 2.63. The van der Waals surface area contributed by atoms with E-state index in [4.69, 9.17) is 4.74 Å². The molecule has 7 heteroatoms. The molecule has 2 N–H and O–H groups in total. The zero-order valence-electron chi connectivity index (χ0n) is 12.8. The van der Waals surface area contributed by atoms with Gasteiger partial charge in [0.05, 0.1) is 10.6 Å². The van der Waals surface area contributed by atoms with E-state index in [1.165, 1.54) is 17.7 Å². The van der Waals surface area contributed by atoms with E-state index in [0.29, 0.717) is 11.4 Å². The number of hydrogen-bond acceptors (Lipinski definition) is 4. The highest BCUT2D eigenvalue weighted by molar-refractivity contribution is 7.89. The van der Waals surface area contributed by atoms with Crippen LogP contribution in [0.5, 0.6) is 5.75 Å². The highest BCUT2D eigenvalue weighted by Gasteiger charge is 2.28. The highest BCUT2D eigenvalue weighted by Crippen LogP contribution is 2.34. The summed E-state index contributed by atoms with van der Waals surface area (Å²) in [5.74, 6) is 0.175. The van der Waals surface area contributed by atoms with Crippen LogP contribution in [0.25, 0.3) is 0 Å². The van der Waals surface area contributed by atoms with E-state index in [2.05, 4.69) is 10.0 Å². The van der Waals surface area contributed by atoms with Crippen molar-refractivity contribution >= 4 is 21.6 Å². The third kappa shape index (κ3) is 2.65. The summed E-state index contributed by atoms with van der Waals surface area (Å²) in [6.07, 6.45) is 1.60. The Labute approximate surface area is 139 Å². The molecule has 1 heterocycles. The van der Waals surface area contributed by atoms with Gasteiger partial charge >= 0.3 is 0 Å². The maximum absolute atomic E-state index is 12.7. The monoisotopic (exact) mass is 344 g/mol. The summed E-state index contributed by atoms with van der Waals surface area (Å²) < 4.78 is 33.4. The van der Waals surface area contributed by atoms with Crippen LogP contribution in [0.4, 0.5) is 5.69 Å². The maximum Gasteiger partial charge on any atom is 0.262 e. The molecule has 0 aromatic heterocycles. The van der Waals surface area contributed by atoms with Crippen molar-refractivity contribution in [3.63, 3.8) is 0 Å². The summed E-state index contributed by atoms with van der Waals surface area (Å²) >= 11 is 0. The molecule has 1 aliphatic carbocycles. The highest BCUT2D eigenvalue weighted by atomic mass is 32.2. The Morgan fingerprint density at radius 2 is 2.00 bits per heavy atom. The topological polar surface area (TPSA) is 84.5 Å². The van der Waals surface area contributed by atoms with E-state index in [0.717, 1.165) is 18.4 Å². The first-order chi connectivity index (χ1) is 11.5. The number of sulfonamides is 1. The van der Waals surface area contributed by atoms with E-state index in [9.17, 15) is 13.2 Å². The van der Waals surface area contributed by atoms with Crippen LogP contribution in [0.1, 0.15) is 23.6 Å². The van der Waals surface area contributed by atoms with Crippen molar-refractivity contribution in [2.24, 2.45) is 0 Å². The molecule has 2 aromatic carbocycles. The molecule has 4 rings (SSSR count). The predicted molar refractivity (Wildman–Crippen MR) is 88.4 cm³/mol. The normalized spacial score (nSPS) is 19.2. The van der Waals surface area contributed by atoms with E-state index >= 15 is 0 Å². The Morgan fingerprint density at radius 3 is 2.88 bits per heavy atom. The third-order valence-electron chi connectivity index (χ3n) is 4.32. The van der Waals surface area contributed by atoms with Crippen molar-refractivity contribution in [2.45, 2.75) is 23.8 Å². The number of carbonyl (C=O) groups is 1. The number of benzene rings is 2. The molecule has 0 radical (unpaired) electrons. The molecule has 2 aromatic rings. The second-order valence-electron chi connectivity index (χ2n) is 5.91. The van der Waals surface area contributed by atoms with Crippen LogP contribution in [0, 0.1) is 0 Å². The molecule has 0 bridgehead atoms. The average Bonchev–Trinajstić information content (AvgIpc) is 2.97. The Morgan fingerprint density at radius 1 is 1.17 bits per heavy atom. The second kappa shape index (κ2) is 5.61. The Hall–Kier alpha value is -2.38. The number of nitrogens with one attached hydrogen (secondary N) is 2. The van der Waals surface area contributed by atoms with Crippen LogP contribution in [0.15, 0.2) is 47.4 Å². The van der Waals surface area contributed by atoms with Gasteiger partial charge in [0.25, 0.3) is 5.91 Å². The molecule has 124 valence electrons. The number of anilines is 1. The van der Waals surface area contributed by atoms with Crippen LogP contribution in [-0.2, 0) is 21.2 Å². The standard InChI is InChI=1S/C17H16N2O4S/c20-17-10-23-16-8-6-12(9-15(16)18-17)24(21,22)19-14-7-5-11-3-1-2-4-13(11)14/h1-4,6,8-9,14,19H,5,7,10H2,(H,18,20)/t14-/m0/s1. The largest absolute Gasteiger partial charge is 0.482 e. The molecule has 0 saturated carbocycles. The Kier molecular flexibility index (Phi) is 3.54. The molecule has 24 heavy (non-hydrogen) atoms. The van der Waals surface area contributed by atoms with Crippen LogP contribution >= 0.6 is 0 Å². The van der Waals surface area contributed by atoms with Crippen molar-refractivity contribution in [3.8, 4) is 5.75 Å². The van der Waals surface area contributed by atoms with E-state index < -0.39 is 10.0 Å². The van der Waals surface area contributed by atoms with Gasteiger partial charge in [0.2, 0.25) is 10.0 Å². The van der Waals surface area contributed by atoms with E-state index in [1.54, 1.807) is 6.07 Å². The average molecular weight is 344 g/mol. The summed E-state index contributed by atoms with van der Waals surface area (Å²) in [7, 11) is -3.69. The molecule has 0 fully saturated rings. The molecule has 0 spiro atoms. The summed E-state index contributed by atoms with van der Waals surface area (Å²) in [5.41, 5.74) is 2.58. The summed E-state index contributed by atoms with van der Waals surface area (Å²) in [6, 6.07) is 12.1. The summed E-state index contributed by atoms with van der Waals surface area (Å²) in [4.78, 5) is 11.5. The lowest BCUT2D eigenvalue weighted by Gasteiger charge is -2.19. The molecule has 1 atom stereocenters. The van der Waals surface area contributed by atoms with Crippen LogP contribution in [0.2, 0.25) is 0 Å². The minimum Gasteiger partial charge on any atom is -0.482 e. The van der Waals surface area contributed by atoms with Gasteiger partial charge in [-0.15, -0.1) is 0 Å². The smallest absolute Gasteiger partial charge is 0.262 e. The molecular weight excluding hydrogens is 328 g/mol. The molecule has 2 aliphatic rings. The SMILES string of the molecule is O=C1COc2ccc(S(=O)(=O)N[C@H]3CCc4ccccc43)cc2N1. The maximum atomic E-state index is 12.7. The first-order valence-corrected chi connectivity index (χ1v) is 9.18. The lowest BCUT2D eigenvalue weighted by molar-refractivity contribution is -0.118. The predicted octanol–water partition coefficient (Wildman–Crippen LogP) is 1.98. The van der Waals surface area contributed by atoms with Crippen LogP contribution in [0.3, 0.4) is 0 Å². The number of ether oxygens (including phenoxy) is 1. The fraction of sp³-hybridized carbons (Fsp3) is 0.235. The van der Waals surface area contributed by atoms with Gasteiger partial charge in [-0.3, -0.25) is 4.79 Å². The lowest BCUT2D eigenvalue weighted by atomic mass is 10.1. The number of rotatable bonds is 3. The summed E-state index contributed by atoms with van der Waals surface area (Å²) in [6.45, 7) is -0.0593. The first kappa shape index (κ1) is 15.2. The third-order valence-corrected chi connectivity index (χ3v) is 5.79. The lowest BCUT2D eigenvalue weighted by Crippen LogP contribution is -2.28. The Balaban J connectivity index is 1.62.